The van der Waals surface area contributed by atoms with Crippen LogP contribution in [0.4, 0.5) is 0 Å². The van der Waals surface area contributed by atoms with Crippen LogP contribution in [0.2, 0.25) is 0 Å². The third-order valence-electron chi connectivity index (χ3n) is 1.60. The molecule has 0 aliphatic rings. The van der Waals surface area contributed by atoms with Gasteiger partial charge in [-0.3, -0.25) is 0 Å². The molecule has 1 rings (SSSR count). The zero-order valence-electron chi connectivity index (χ0n) is 6.80. The molecule has 0 fully saturated rings. The molecule has 0 aromatic carbocycles. The lowest BCUT2D eigenvalue weighted by Gasteiger charge is -2.06. The Morgan fingerprint density at radius 3 is 3.00 bits per heavy atom. The summed E-state index contributed by atoms with van der Waals surface area (Å²) in [5.41, 5.74) is 1.13. The van der Waals surface area contributed by atoms with Crippen molar-refractivity contribution in [2.45, 2.75) is 24.6 Å². The van der Waals surface area contributed by atoms with Crippen molar-refractivity contribution in [3.63, 3.8) is 0 Å². The minimum absolute atomic E-state index is 0.529. The van der Waals surface area contributed by atoms with E-state index in [4.69, 9.17) is 0 Å². The molecule has 0 saturated heterocycles. The molecule has 0 amide bonds. The predicted molar refractivity (Wildman–Crippen MR) is 61.5 cm³/mol. The molecule has 2 nitrogen and oxygen atoms in total. The van der Waals surface area contributed by atoms with Gasteiger partial charge in [-0.05, 0) is 29.0 Å². The summed E-state index contributed by atoms with van der Waals surface area (Å²) in [7, 11) is 0. The van der Waals surface area contributed by atoms with Crippen LogP contribution in [0.15, 0.2) is 12.5 Å². The zero-order chi connectivity index (χ0) is 8.97. The first-order chi connectivity index (χ1) is 5.74. The largest absolute Gasteiger partial charge is 0.244 e. The first-order valence-corrected chi connectivity index (χ1v) is 5.82. The van der Waals surface area contributed by atoms with E-state index in [1.54, 1.807) is 6.33 Å². The second-order valence-corrected chi connectivity index (χ2v) is 4.98. The van der Waals surface area contributed by atoms with E-state index in [0.717, 1.165) is 22.1 Å². The van der Waals surface area contributed by atoms with Gasteiger partial charge in [0.2, 0.25) is 0 Å². The average molecular weight is 341 g/mol. The van der Waals surface area contributed by atoms with Crippen molar-refractivity contribution < 1.29 is 0 Å². The first kappa shape index (κ1) is 10.4. The summed E-state index contributed by atoms with van der Waals surface area (Å²) in [5, 5.41) is 0. The summed E-state index contributed by atoms with van der Waals surface area (Å²) in [6.45, 7) is 2.16. The Balaban J connectivity index is 2.69. The third kappa shape index (κ3) is 2.97. The smallest absolute Gasteiger partial charge is 0.115 e. The van der Waals surface area contributed by atoms with Crippen molar-refractivity contribution in [2.24, 2.45) is 0 Å². The molecule has 0 radical (unpaired) electrons. The summed E-state index contributed by atoms with van der Waals surface area (Å²) in [5.74, 6) is 0. The Labute approximate surface area is 94.5 Å². The molecule has 1 atom stereocenters. The number of rotatable bonds is 3. The molecule has 0 N–H and O–H groups in total. The van der Waals surface area contributed by atoms with Crippen LogP contribution >= 0.6 is 38.5 Å². The van der Waals surface area contributed by atoms with Gasteiger partial charge in [-0.2, -0.15) is 0 Å². The maximum absolute atomic E-state index is 4.22. The summed E-state index contributed by atoms with van der Waals surface area (Å²) in [4.78, 5) is 8.69. The van der Waals surface area contributed by atoms with Crippen LogP contribution in [-0.2, 0) is 6.42 Å². The number of alkyl halides is 1. The Morgan fingerprint density at radius 2 is 2.42 bits per heavy atom. The van der Waals surface area contributed by atoms with Crippen molar-refractivity contribution in [3.05, 3.63) is 21.8 Å². The minimum Gasteiger partial charge on any atom is -0.244 e. The minimum atomic E-state index is 0.529. The predicted octanol–water partition coefficient (Wildman–Crippen LogP) is 2.80. The van der Waals surface area contributed by atoms with E-state index >= 15 is 0 Å². The fourth-order valence-corrected chi connectivity index (χ4v) is 1.67. The zero-order valence-corrected chi connectivity index (χ0v) is 10.5. The molecule has 0 aliphatic heterocycles. The summed E-state index contributed by atoms with van der Waals surface area (Å²) >= 11 is 5.85. The standard InChI is InChI=1S/C8H10BrIN2/c1-2-6(9)3-8-7(10)4-11-5-12-8/h4-6H,2-3H2,1H3. The van der Waals surface area contributed by atoms with E-state index in [1.807, 2.05) is 6.20 Å². The summed E-state index contributed by atoms with van der Waals surface area (Å²) < 4.78 is 1.15. The van der Waals surface area contributed by atoms with Gasteiger partial charge in [-0.25, -0.2) is 9.97 Å². The molecule has 0 bridgehead atoms. The fraction of sp³-hybridized carbons (Fsp3) is 0.500. The van der Waals surface area contributed by atoms with Gasteiger partial charge in [0.05, 0.1) is 9.26 Å². The van der Waals surface area contributed by atoms with E-state index in [1.165, 1.54) is 0 Å². The van der Waals surface area contributed by atoms with Crippen LogP contribution in [0.5, 0.6) is 0 Å². The topological polar surface area (TPSA) is 25.8 Å². The van der Waals surface area contributed by atoms with Crippen molar-refractivity contribution in [3.8, 4) is 0 Å². The Hall–Kier alpha value is 0.290. The molecule has 1 aromatic rings. The molecule has 4 heteroatoms. The van der Waals surface area contributed by atoms with Gasteiger partial charge in [0.25, 0.3) is 0 Å². The van der Waals surface area contributed by atoms with Crippen LogP contribution in [0.1, 0.15) is 19.0 Å². The first-order valence-electron chi connectivity index (χ1n) is 3.82. The maximum atomic E-state index is 4.22. The van der Waals surface area contributed by atoms with Gasteiger partial charge in [0.15, 0.2) is 0 Å². The van der Waals surface area contributed by atoms with Crippen molar-refractivity contribution in [2.75, 3.05) is 0 Å². The third-order valence-corrected chi connectivity index (χ3v) is 3.47. The molecule has 12 heavy (non-hydrogen) atoms. The molecule has 66 valence electrons. The van der Waals surface area contributed by atoms with E-state index in [0.29, 0.717) is 4.83 Å². The Morgan fingerprint density at radius 1 is 1.67 bits per heavy atom. The van der Waals surface area contributed by atoms with Crippen molar-refractivity contribution >= 4 is 38.5 Å². The Kier molecular flexibility index (Phi) is 4.42. The Bertz CT molecular complexity index is 255. The molecular formula is C8H10BrIN2. The highest BCUT2D eigenvalue weighted by Gasteiger charge is 2.06. The quantitative estimate of drug-likeness (QED) is 0.624. The summed E-state index contributed by atoms with van der Waals surface area (Å²) in [6.07, 6.45) is 5.56. The van der Waals surface area contributed by atoms with Crippen LogP contribution in [0, 0.1) is 3.57 Å². The number of hydrogen-bond donors (Lipinski definition) is 0. The normalized spacial score (nSPS) is 12.9. The summed E-state index contributed by atoms with van der Waals surface area (Å²) in [6, 6.07) is 0. The number of halogens is 2. The van der Waals surface area contributed by atoms with E-state index < -0.39 is 0 Å². The number of aromatic nitrogens is 2. The van der Waals surface area contributed by atoms with Crippen LogP contribution in [-0.4, -0.2) is 14.8 Å². The lowest BCUT2D eigenvalue weighted by molar-refractivity contribution is 0.800. The fourth-order valence-electron chi connectivity index (χ4n) is 0.842. The van der Waals surface area contributed by atoms with Gasteiger partial charge in [0.1, 0.15) is 6.33 Å². The molecule has 0 saturated carbocycles. The molecule has 1 unspecified atom stereocenters. The van der Waals surface area contributed by atoms with Crippen LogP contribution in [0.25, 0.3) is 0 Å². The lowest BCUT2D eigenvalue weighted by atomic mass is 10.2. The van der Waals surface area contributed by atoms with Gasteiger partial charge in [-0.15, -0.1) is 0 Å². The van der Waals surface area contributed by atoms with Crippen molar-refractivity contribution in [1.29, 1.82) is 0 Å². The van der Waals surface area contributed by atoms with Crippen LogP contribution < -0.4 is 0 Å². The van der Waals surface area contributed by atoms with E-state index in [-0.39, 0.29) is 0 Å². The highest BCUT2D eigenvalue weighted by atomic mass is 127. The molecule has 1 heterocycles. The van der Waals surface area contributed by atoms with E-state index in [9.17, 15) is 0 Å². The lowest BCUT2D eigenvalue weighted by Crippen LogP contribution is -2.04. The second-order valence-electron chi connectivity index (χ2n) is 2.53. The SMILES string of the molecule is CCC(Br)Cc1ncncc1I. The van der Waals surface area contributed by atoms with Gasteiger partial charge in [-0.1, -0.05) is 22.9 Å². The molecule has 0 spiro atoms. The van der Waals surface area contributed by atoms with Crippen molar-refractivity contribution in [1.82, 2.24) is 9.97 Å². The molecular weight excluding hydrogens is 331 g/mol. The second kappa shape index (κ2) is 5.11. The highest BCUT2D eigenvalue weighted by molar-refractivity contribution is 14.1. The highest BCUT2D eigenvalue weighted by Crippen LogP contribution is 2.15. The van der Waals surface area contributed by atoms with Gasteiger partial charge < -0.3 is 0 Å². The van der Waals surface area contributed by atoms with E-state index in [2.05, 4.69) is 55.4 Å². The average Bonchev–Trinajstić information content (AvgIpc) is 2.09. The van der Waals surface area contributed by atoms with Gasteiger partial charge in [0, 0.05) is 17.4 Å². The molecule has 1 aromatic heterocycles. The van der Waals surface area contributed by atoms with Gasteiger partial charge >= 0.3 is 0 Å². The number of hydrogen-bond acceptors (Lipinski definition) is 2. The maximum Gasteiger partial charge on any atom is 0.115 e. The molecule has 0 aliphatic carbocycles. The number of nitrogens with zero attached hydrogens (tertiary/aromatic N) is 2. The monoisotopic (exact) mass is 340 g/mol. The van der Waals surface area contributed by atoms with Crippen LogP contribution in [0.3, 0.4) is 0 Å².